The van der Waals surface area contributed by atoms with Gasteiger partial charge in [-0.15, -0.1) is 0 Å². The third-order valence-corrected chi connectivity index (χ3v) is 6.92. The van der Waals surface area contributed by atoms with E-state index in [0.29, 0.717) is 41.6 Å². The summed E-state index contributed by atoms with van der Waals surface area (Å²) in [4.78, 5) is 0. The van der Waals surface area contributed by atoms with E-state index in [1.54, 1.807) is 18.2 Å². The Hall–Kier alpha value is -3.78. The van der Waals surface area contributed by atoms with Crippen molar-refractivity contribution in [3.63, 3.8) is 0 Å². The fraction of sp³-hybridized carbons (Fsp3) is 0.333. The molecule has 0 aromatic heterocycles. The van der Waals surface area contributed by atoms with E-state index in [2.05, 4.69) is 0 Å². The minimum Gasteiger partial charge on any atom is -0.508 e. The summed E-state index contributed by atoms with van der Waals surface area (Å²) in [6.45, 7) is 4.29. The second-order valence-corrected chi connectivity index (χ2v) is 9.59. The molecule has 8 heteroatoms. The summed E-state index contributed by atoms with van der Waals surface area (Å²) in [6.07, 6.45) is -0.727. The van der Waals surface area contributed by atoms with Crippen molar-refractivity contribution >= 4 is 0 Å². The molecule has 6 rings (SSSR count). The smallest absolute Gasteiger partial charge is 0.162 e. The maximum atomic E-state index is 10.3. The van der Waals surface area contributed by atoms with Crippen LogP contribution >= 0.6 is 0 Å². The van der Waals surface area contributed by atoms with E-state index in [0.717, 1.165) is 16.7 Å². The SMILES string of the molecule is COc1cc(C2COc3cc4c(cc3O2)[C@H]2Oc3cc(O)cc(O)c3C[C@H]2OC4(C)C)ccc1O. The molecule has 0 radical (unpaired) electrons. The summed E-state index contributed by atoms with van der Waals surface area (Å²) in [7, 11) is 1.50. The molecule has 3 aliphatic rings. The lowest BCUT2D eigenvalue weighted by Crippen LogP contribution is -2.44. The summed E-state index contributed by atoms with van der Waals surface area (Å²) in [5.74, 6) is 1.98. The Bertz CT molecular complexity index is 1330. The lowest BCUT2D eigenvalue weighted by atomic mass is 9.82. The molecule has 0 spiro atoms. The number of hydrogen-bond acceptors (Lipinski definition) is 8. The molecule has 1 unspecified atom stereocenters. The van der Waals surface area contributed by atoms with Crippen LogP contribution in [-0.2, 0) is 16.8 Å². The lowest BCUT2D eigenvalue weighted by Gasteiger charge is -2.45. The van der Waals surface area contributed by atoms with E-state index in [1.807, 2.05) is 26.0 Å². The number of methoxy groups -OCH3 is 1. The molecule has 0 bridgehead atoms. The van der Waals surface area contributed by atoms with Crippen molar-refractivity contribution in [3.8, 4) is 40.2 Å². The maximum Gasteiger partial charge on any atom is 0.162 e. The number of phenols is 3. The number of ether oxygens (including phenoxy) is 5. The molecular weight excluding hydrogens is 452 g/mol. The number of fused-ring (bicyclic) bond motifs is 5. The largest absolute Gasteiger partial charge is 0.508 e. The maximum absolute atomic E-state index is 10.3. The number of aromatic hydroxyl groups is 3. The van der Waals surface area contributed by atoms with Gasteiger partial charge in [-0.3, -0.25) is 0 Å². The first-order valence-electron chi connectivity index (χ1n) is 11.5. The molecule has 182 valence electrons. The number of phenolic OH excluding ortho intramolecular Hbond substituents is 3. The summed E-state index contributed by atoms with van der Waals surface area (Å²) >= 11 is 0. The number of benzene rings is 3. The fourth-order valence-electron chi connectivity index (χ4n) is 5.21. The van der Waals surface area contributed by atoms with E-state index in [9.17, 15) is 15.3 Å². The molecule has 3 atom stereocenters. The summed E-state index contributed by atoms with van der Waals surface area (Å²) in [5.41, 5.74) is 2.65. The quantitative estimate of drug-likeness (QED) is 0.489. The third kappa shape index (κ3) is 3.47. The van der Waals surface area contributed by atoms with Gasteiger partial charge in [0.25, 0.3) is 0 Å². The molecule has 3 aliphatic heterocycles. The normalized spacial score (nSPS) is 23.3. The summed E-state index contributed by atoms with van der Waals surface area (Å²) in [5, 5.41) is 30.2. The van der Waals surface area contributed by atoms with Crippen LogP contribution in [-0.4, -0.2) is 35.1 Å². The standard InChI is InChI=1S/C27H26O8/c1-27(2)17-11-22-23(33-25(12-32-22)13-4-5-18(29)21(6-13)31-3)9-15(17)26-24(35-27)10-16-19(30)7-14(28)8-20(16)34-26/h4-9,11,24-26,28-30H,10,12H2,1-3H3/t24-,25?,26-/m1/s1. The van der Waals surface area contributed by atoms with Gasteiger partial charge in [0.15, 0.2) is 35.2 Å². The van der Waals surface area contributed by atoms with Crippen LogP contribution in [0.1, 0.15) is 48.3 Å². The first-order chi connectivity index (χ1) is 16.7. The van der Waals surface area contributed by atoms with Crippen molar-refractivity contribution in [2.45, 2.75) is 44.2 Å². The Balaban J connectivity index is 1.39. The van der Waals surface area contributed by atoms with Crippen LogP contribution in [0, 0.1) is 0 Å². The van der Waals surface area contributed by atoms with Gasteiger partial charge in [0, 0.05) is 29.7 Å². The van der Waals surface area contributed by atoms with E-state index in [-0.39, 0.29) is 29.5 Å². The highest BCUT2D eigenvalue weighted by molar-refractivity contribution is 5.56. The van der Waals surface area contributed by atoms with Gasteiger partial charge < -0.3 is 39.0 Å². The van der Waals surface area contributed by atoms with Gasteiger partial charge >= 0.3 is 0 Å². The van der Waals surface area contributed by atoms with E-state index >= 15 is 0 Å². The van der Waals surface area contributed by atoms with Gasteiger partial charge in [-0.2, -0.15) is 0 Å². The van der Waals surface area contributed by atoms with E-state index in [4.69, 9.17) is 23.7 Å². The van der Waals surface area contributed by atoms with Crippen molar-refractivity contribution in [3.05, 3.63) is 64.7 Å². The molecule has 35 heavy (non-hydrogen) atoms. The van der Waals surface area contributed by atoms with E-state index in [1.165, 1.54) is 19.2 Å². The molecule has 0 amide bonds. The zero-order chi connectivity index (χ0) is 24.5. The highest BCUT2D eigenvalue weighted by Gasteiger charge is 2.46. The number of hydrogen-bond donors (Lipinski definition) is 3. The van der Waals surface area contributed by atoms with Crippen LogP contribution < -0.4 is 18.9 Å². The number of rotatable bonds is 2. The topological polar surface area (TPSA) is 107 Å². The highest BCUT2D eigenvalue weighted by atomic mass is 16.6. The second-order valence-electron chi connectivity index (χ2n) is 9.59. The van der Waals surface area contributed by atoms with Crippen LogP contribution in [0.25, 0.3) is 0 Å². The zero-order valence-electron chi connectivity index (χ0n) is 19.6. The van der Waals surface area contributed by atoms with Crippen LogP contribution in [0.4, 0.5) is 0 Å². The molecule has 3 aromatic rings. The molecule has 0 saturated heterocycles. The average molecular weight is 478 g/mol. The summed E-state index contributed by atoms with van der Waals surface area (Å²) < 4.78 is 30.4. The van der Waals surface area contributed by atoms with Crippen LogP contribution in [0.2, 0.25) is 0 Å². The highest BCUT2D eigenvalue weighted by Crippen LogP contribution is 2.52. The molecule has 0 saturated carbocycles. The van der Waals surface area contributed by atoms with Crippen molar-refractivity contribution in [1.29, 1.82) is 0 Å². The van der Waals surface area contributed by atoms with Gasteiger partial charge in [0.05, 0.1) is 12.7 Å². The van der Waals surface area contributed by atoms with Crippen LogP contribution in [0.5, 0.6) is 40.2 Å². The third-order valence-electron chi connectivity index (χ3n) is 6.92. The average Bonchev–Trinajstić information content (AvgIpc) is 2.82. The zero-order valence-corrected chi connectivity index (χ0v) is 19.6. The summed E-state index contributed by atoms with van der Waals surface area (Å²) in [6, 6.07) is 11.8. The molecule has 3 heterocycles. The second kappa shape index (κ2) is 7.61. The Morgan fingerprint density at radius 1 is 0.914 bits per heavy atom. The molecule has 0 aliphatic carbocycles. The molecule has 3 aromatic carbocycles. The van der Waals surface area contributed by atoms with Gasteiger partial charge in [0.2, 0.25) is 0 Å². The molecule has 0 fully saturated rings. The first kappa shape index (κ1) is 21.7. The van der Waals surface area contributed by atoms with E-state index < -0.39 is 11.7 Å². The van der Waals surface area contributed by atoms with Crippen LogP contribution in [0.15, 0.2) is 42.5 Å². The van der Waals surface area contributed by atoms with Crippen LogP contribution in [0.3, 0.4) is 0 Å². The molecule has 3 N–H and O–H groups in total. The van der Waals surface area contributed by atoms with Crippen molar-refractivity contribution in [2.24, 2.45) is 0 Å². The minimum absolute atomic E-state index is 0.0139. The van der Waals surface area contributed by atoms with Gasteiger partial charge in [-0.25, -0.2) is 0 Å². The predicted octanol–water partition coefficient (Wildman–Crippen LogP) is 4.63. The predicted molar refractivity (Wildman–Crippen MR) is 125 cm³/mol. The van der Waals surface area contributed by atoms with Crippen molar-refractivity contribution in [1.82, 2.24) is 0 Å². The minimum atomic E-state index is -0.622. The molecular formula is C27H26O8. The molecule has 8 nitrogen and oxygen atoms in total. The Morgan fingerprint density at radius 3 is 2.54 bits per heavy atom. The Kier molecular flexibility index (Phi) is 4.73. The van der Waals surface area contributed by atoms with Crippen molar-refractivity contribution < 1.29 is 39.0 Å². The Morgan fingerprint density at radius 2 is 1.74 bits per heavy atom. The monoisotopic (exact) mass is 478 g/mol. The first-order valence-corrected chi connectivity index (χ1v) is 11.5. The fourth-order valence-corrected chi connectivity index (χ4v) is 5.21. The van der Waals surface area contributed by atoms with Gasteiger partial charge in [0.1, 0.15) is 30.0 Å². The van der Waals surface area contributed by atoms with Gasteiger partial charge in [-0.05, 0) is 49.2 Å². The van der Waals surface area contributed by atoms with Crippen molar-refractivity contribution in [2.75, 3.05) is 13.7 Å². The lowest BCUT2D eigenvalue weighted by molar-refractivity contribution is -0.141. The van der Waals surface area contributed by atoms with Gasteiger partial charge in [-0.1, -0.05) is 6.07 Å². The Labute approximate surface area is 202 Å².